The van der Waals surface area contributed by atoms with Gasteiger partial charge in [0.25, 0.3) is 5.91 Å². The highest BCUT2D eigenvalue weighted by Gasteiger charge is 2.34. The number of aryl methyl sites for hydroxylation is 1. The summed E-state index contributed by atoms with van der Waals surface area (Å²) < 4.78 is 1.91. The van der Waals surface area contributed by atoms with Crippen molar-refractivity contribution >= 4 is 16.9 Å². The number of hydrogen-bond acceptors (Lipinski definition) is 4. The molecule has 1 saturated carbocycles. The van der Waals surface area contributed by atoms with E-state index in [1.165, 1.54) is 0 Å². The molecule has 1 aliphatic rings. The number of aromatic nitrogens is 3. The molecule has 6 nitrogen and oxygen atoms in total. The molecule has 3 N–H and O–H groups in total. The van der Waals surface area contributed by atoms with Crippen LogP contribution in [0.3, 0.4) is 0 Å². The molecule has 0 saturated heterocycles. The number of amides is 1. The Morgan fingerprint density at radius 1 is 1.46 bits per heavy atom. The van der Waals surface area contributed by atoms with E-state index in [4.69, 9.17) is 5.73 Å². The summed E-state index contributed by atoms with van der Waals surface area (Å²) in [6.07, 6.45) is 6.86. The third-order valence-electron chi connectivity index (χ3n) is 5.28. The monoisotopic (exact) mass is 329 g/mol. The fraction of sp³-hybridized carbons (Fsp3) is 0.611. The van der Waals surface area contributed by atoms with Crippen LogP contribution in [0.15, 0.2) is 12.3 Å². The lowest BCUT2D eigenvalue weighted by Gasteiger charge is -2.28. The van der Waals surface area contributed by atoms with E-state index in [1.54, 1.807) is 6.20 Å². The van der Waals surface area contributed by atoms with E-state index in [0.717, 1.165) is 48.8 Å². The van der Waals surface area contributed by atoms with Crippen LogP contribution >= 0.6 is 0 Å². The average molecular weight is 329 g/mol. The van der Waals surface area contributed by atoms with Gasteiger partial charge < -0.3 is 11.1 Å². The number of nitrogens with two attached hydrogens (primary N) is 1. The minimum atomic E-state index is -0.257. The second-order valence-corrected chi connectivity index (χ2v) is 7.04. The number of nitrogens with zero attached hydrogens (tertiary/aromatic N) is 3. The van der Waals surface area contributed by atoms with Crippen molar-refractivity contribution in [1.29, 1.82) is 0 Å². The molecule has 1 fully saturated rings. The van der Waals surface area contributed by atoms with Crippen LogP contribution in [0.2, 0.25) is 0 Å². The van der Waals surface area contributed by atoms with Crippen LogP contribution in [0.4, 0.5) is 0 Å². The van der Waals surface area contributed by atoms with Crippen LogP contribution in [0.25, 0.3) is 11.0 Å². The van der Waals surface area contributed by atoms with E-state index in [0.29, 0.717) is 12.1 Å². The molecule has 0 aromatic carbocycles. The summed E-state index contributed by atoms with van der Waals surface area (Å²) in [6, 6.07) is 2.09. The normalized spacial score (nSPS) is 18.0. The Labute approximate surface area is 142 Å². The van der Waals surface area contributed by atoms with Crippen LogP contribution in [-0.2, 0) is 0 Å². The van der Waals surface area contributed by atoms with Crippen LogP contribution in [0, 0.1) is 6.92 Å². The largest absolute Gasteiger partial charge is 0.345 e. The highest BCUT2D eigenvalue weighted by molar-refractivity contribution is 6.05. The van der Waals surface area contributed by atoms with Crippen molar-refractivity contribution in [3.05, 3.63) is 23.5 Å². The molecule has 0 spiro atoms. The number of fused-ring (bicyclic) bond motifs is 1. The number of hydrogen-bond donors (Lipinski definition) is 2. The van der Waals surface area contributed by atoms with Gasteiger partial charge in [-0.25, -0.2) is 9.67 Å². The zero-order valence-electron chi connectivity index (χ0n) is 14.8. The lowest BCUT2D eigenvalue weighted by atomic mass is 9.97. The van der Waals surface area contributed by atoms with Crippen LogP contribution in [0.1, 0.15) is 68.0 Å². The lowest BCUT2D eigenvalue weighted by Crippen LogP contribution is -2.51. The molecule has 130 valence electrons. The Balaban J connectivity index is 1.99. The van der Waals surface area contributed by atoms with Gasteiger partial charge in [0.05, 0.1) is 28.7 Å². The van der Waals surface area contributed by atoms with Crippen molar-refractivity contribution in [1.82, 2.24) is 20.1 Å². The van der Waals surface area contributed by atoms with Crippen molar-refractivity contribution in [2.45, 2.75) is 64.5 Å². The molecule has 2 aromatic rings. The van der Waals surface area contributed by atoms with Crippen molar-refractivity contribution in [3.63, 3.8) is 0 Å². The molecule has 1 amide bonds. The second-order valence-electron chi connectivity index (χ2n) is 7.04. The molecular formula is C18H27N5O. The van der Waals surface area contributed by atoms with E-state index >= 15 is 0 Å². The van der Waals surface area contributed by atoms with Crippen molar-refractivity contribution in [3.8, 4) is 0 Å². The first-order valence-corrected chi connectivity index (χ1v) is 8.87. The van der Waals surface area contributed by atoms with Gasteiger partial charge in [-0.15, -0.1) is 0 Å². The average Bonchev–Trinajstić information content (AvgIpc) is 3.20. The van der Waals surface area contributed by atoms with Gasteiger partial charge in [-0.3, -0.25) is 4.79 Å². The van der Waals surface area contributed by atoms with Gasteiger partial charge in [-0.05, 0) is 39.2 Å². The van der Waals surface area contributed by atoms with E-state index in [1.807, 2.05) is 17.7 Å². The Bertz CT molecular complexity index is 745. The van der Waals surface area contributed by atoms with E-state index in [-0.39, 0.29) is 17.5 Å². The summed E-state index contributed by atoms with van der Waals surface area (Å²) in [5.74, 6) is -0.0680. The molecular weight excluding hydrogens is 302 g/mol. The molecule has 1 unspecified atom stereocenters. The number of nitrogens with one attached hydrogen (secondary N) is 1. The summed E-state index contributed by atoms with van der Waals surface area (Å²) in [5, 5.41) is 8.48. The fourth-order valence-electron chi connectivity index (χ4n) is 3.57. The molecule has 6 heteroatoms. The number of carbonyl (C=O) groups excluding carboxylic acids is 1. The summed E-state index contributed by atoms with van der Waals surface area (Å²) in [7, 11) is 0. The molecule has 0 aliphatic heterocycles. The maximum Gasteiger partial charge on any atom is 0.252 e. The number of pyridine rings is 1. The third-order valence-corrected chi connectivity index (χ3v) is 5.28. The number of carbonyl (C=O) groups is 1. The first-order chi connectivity index (χ1) is 11.5. The summed E-state index contributed by atoms with van der Waals surface area (Å²) >= 11 is 0. The molecule has 3 rings (SSSR count). The van der Waals surface area contributed by atoms with E-state index in [9.17, 15) is 4.79 Å². The molecule has 0 radical (unpaired) electrons. The van der Waals surface area contributed by atoms with Gasteiger partial charge in [0, 0.05) is 12.2 Å². The second kappa shape index (κ2) is 6.51. The van der Waals surface area contributed by atoms with Gasteiger partial charge in [-0.2, -0.15) is 5.10 Å². The van der Waals surface area contributed by atoms with Gasteiger partial charge >= 0.3 is 0 Å². The van der Waals surface area contributed by atoms with Gasteiger partial charge in [0.1, 0.15) is 0 Å². The maximum atomic E-state index is 12.9. The first-order valence-electron chi connectivity index (χ1n) is 8.87. The molecule has 1 aliphatic carbocycles. The Morgan fingerprint density at radius 3 is 2.79 bits per heavy atom. The van der Waals surface area contributed by atoms with Crippen molar-refractivity contribution in [2.24, 2.45) is 5.73 Å². The first kappa shape index (κ1) is 16.9. The highest BCUT2D eigenvalue weighted by atomic mass is 16.1. The van der Waals surface area contributed by atoms with Gasteiger partial charge in [-0.1, -0.05) is 19.8 Å². The Kier molecular flexibility index (Phi) is 4.58. The highest BCUT2D eigenvalue weighted by Crippen LogP contribution is 2.30. The molecule has 1 atom stereocenters. The summed E-state index contributed by atoms with van der Waals surface area (Å²) in [4.78, 5) is 17.6. The standard InChI is InChI=1S/C18H27N5O/c1-4-13(3)23-16-15(10-20-23)14(9-12(2)21-16)17(24)22-18(11-19)7-5-6-8-18/h9-10,13H,4-8,11,19H2,1-3H3,(H,22,24). The molecule has 24 heavy (non-hydrogen) atoms. The van der Waals surface area contributed by atoms with Gasteiger partial charge in [0.2, 0.25) is 0 Å². The minimum absolute atomic E-state index is 0.0680. The van der Waals surface area contributed by atoms with Crippen LogP contribution in [-0.4, -0.2) is 32.8 Å². The van der Waals surface area contributed by atoms with Crippen molar-refractivity contribution in [2.75, 3.05) is 6.54 Å². The lowest BCUT2D eigenvalue weighted by molar-refractivity contribution is 0.0904. The molecule has 2 aromatic heterocycles. The quantitative estimate of drug-likeness (QED) is 0.883. The van der Waals surface area contributed by atoms with E-state index < -0.39 is 0 Å². The van der Waals surface area contributed by atoms with Crippen molar-refractivity contribution < 1.29 is 4.79 Å². The zero-order chi connectivity index (χ0) is 17.3. The molecule has 2 heterocycles. The smallest absolute Gasteiger partial charge is 0.252 e. The topological polar surface area (TPSA) is 85.8 Å². The molecule has 0 bridgehead atoms. The number of rotatable bonds is 5. The Morgan fingerprint density at radius 2 is 2.17 bits per heavy atom. The van der Waals surface area contributed by atoms with Crippen LogP contribution in [0.5, 0.6) is 0 Å². The Hall–Kier alpha value is -1.95. The minimum Gasteiger partial charge on any atom is -0.345 e. The SMILES string of the molecule is CCC(C)n1ncc2c(C(=O)NC3(CN)CCCC3)cc(C)nc21. The van der Waals surface area contributed by atoms with Crippen LogP contribution < -0.4 is 11.1 Å². The van der Waals surface area contributed by atoms with Gasteiger partial charge in [0.15, 0.2) is 5.65 Å². The predicted octanol–water partition coefficient (Wildman–Crippen LogP) is 2.71. The summed E-state index contributed by atoms with van der Waals surface area (Å²) in [5.41, 5.74) is 7.95. The zero-order valence-corrected chi connectivity index (χ0v) is 14.8. The summed E-state index contributed by atoms with van der Waals surface area (Å²) in [6.45, 7) is 6.63. The van der Waals surface area contributed by atoms with E-state index in [2.05, 4.69) is 29.2 Å². The fourth-order valence-corrected chi connectivity index (χ4v) is 3.57. The predicted molar refractivity (Wildman–Crippen MR) is 95.0 cm³/mol. The maximum absolute atomic E-state index is 12.9. The third kappa shape index (κ3) is 2.90.